The number of carboxylic acids is 1. The number of hydrogen-bond donors (Lipinski definition) is 4. The van der Waals surface area contributed by atoms with E-state index in [2.05, 4.69) is 0 Å². The lowest BCUT2D eigenvalue weighted by molar-refractivity contribution is -0.138. The number of carboxylic acid groups (broad SMARTS) is 1. The number of aromatic hydroxyl groups is 1. The van der Waals surface area contributed by atoms with Gasteiger partial charge in [0.1, 0.15) is 11.8 Å². The number of anilines is 1. The molecule has 120 valence electrons. The number of phenolic OH excluding ortho intramolecular Hbond substituents is 1. The van der Waals surface area contributed by atoms with Crippen LogP contribution in [0.4, 0.5) is 5.69 Å². The van der Waals surface area contributed by atoms with Gasteiger partial charge < -0.3 is 26.0 Å². The molecule has 0 saturated heterocycles. The van der Waals surface area contributed by atoms with Crippen LogP contribution in [0.2, 0.25) is 0 Å². The molecule has 0 saturated carbocycles. The fourth-order valence-electron chi connectivity index (χ4n) is 1.87. The molecule has 6 heteroatoms. The van der Waals surface area contributed by atoms with E-state index in [1.54, 1.807) is 12.1 Å². The third-order valence-electron chi connectivity index (χ3n) is 2.90. The molecule has 1 rings (SSSR count). The van der Waals surface area contributed by atoms with Crippen LogP contribution in [0, 0.1) is 0 Å². The van der Waals surface area contributed by atoms with Crippen LogP contribution in [0.1, 0.15) is 26.3 Å². The van der Waals surface area contributed by atoms with Gasteiger partial charge in [-0.2, -0.15) is 0 Å². The average Bonchev–Trinajstić information content (AvgIpc) is 2.47. The first kappa shape index (κ1) is 19.2. The maximum absolute atomic E-state index is 10.7. The molecule has 5 N–H and O–H groups in total. The summed E-state index contributed by atoms with van der Waals surface area (Å²) >= 11 is 0. The molecular formula is C15H26N2O4. The fourth-order valence-corrected chi connectivity index (χ4v) is 1.87. The molecule has 0 radical (unpaired) electrons. The quantitative estimate of drug-likeness (QED) is 0.602. The van der Waals surface area contributed by atoms with Gasteiger partial charge in [0.2, 0.25) is 0 Å². The zero-order valence-electron chi connectivity index (χ0n) is 12.9. The first-order chi connectivity index (χ1) is 9.99. The molecule has 1 aromatic carbocycles. The summed E-state index contributed by atoms with van der Waals surface area (Å²) in [5.74, 6) is -1.01. The van der Waals surface area contributed by atoms with Crippen molar-refractivity contribution in [1.82, 2.24) is 0 Å². The third kappa shape index (κ3) is 6.01. The summed E-state index contributed by atoms with van der Waals surface area (Å²) in [6, 6.07) is 3.97. The minimum Gasteiger partial charge on any atom is -0.506 e. The largest absolute Gasteiger partial charge is 0.506 e. The second-order valence-electron chi connectivity index (χ2n) is 4.28. The van der Waals surface area contributed by atoms with Crippen LogP contribution >= 0.6 is 0 Å². The summed E-state index contributed by atoms with van der Waals surface area (Å²) < 4.78 is 0. The molecule has 0 aromatic heterocycles. The molecule has 21 heavy (non-hydrogen) atoms. The molecule has 0 aliphatic rings. The summed E-state index contributed by atoms with van der Waals surface area (Å²) in [6.07, 6.45) is 0.162. The maximum atomic E-state index is 10.7. The molecule has 1 atom stereocenters. The van der Waals surface area contributed by atoms with Crippen molar-refractivity contribution in [3.8, 4) is 5.75 Å². The number of nitrogens with two attached hydrogens (primary N) is 1. The van der Waals surface area contributed by atoms with Crippen molar-refractivity contribution in [2.45, 2.75) is 33.2 Å². The van der Waals surface area contributed by atoms with Gasteiger partial charge >= 0.3 is 5.97 Å². The van der Waals surface area contributed by atoms with Crippen molar-refractivity contribution in [3.63, 3.8) is 0 Å². The Labute approximate surface area is 125 Å². The van der Waals surface area contributed by atoms with Gasteiger partial charge in [0, 0.05) is 13.1 Å². The first-order valence-electron chi connectivity index (χ1n) is 7.15. The lowest BCUT2D eigenvalue weighted by Crippen LogP contribution is -2.32. The van der Waals surface area contributed by atoms with Crippen molar-refractivity contribution in [2.24, 2.45) is 5.73 Å². The van der Waals surface area contributed by atoms with Gasteiger partial charge in [0.15, 0.2) is 0 Å². The Balaban J connectivity index is 0.00000191. The monoisotopic (exact) mass is 298 g/mol. The number of aliphatic carboxylic acids is 1. The lowest BCUT2D eigenvalue weighted by atomic mass is 10.1. The Hall–Kier alpha value is -1.79. The van der Waals surface area contributed by atoms with Crippen molar-refractivity contribution in [1.29, 1.82) is 0 Å². The summed E-state index contributed by atoms with van der Waals surface area (Å²) in [5, 5.41) is 27.6. The first-order valence-corrected chi connectivity index (χ1v) is 7.15. The predicted octanol–water partition coefficient (Wildman–Crippen LogP) is 1.19. The maximum Gasteiger partial charge on any atom is 0.320 e. The highest BCUT2D eigenvalue weighted by molar-refractivity contribution is 5.73. The number of phenols is 1. The van der Waals surface area contributed by atoms with Gasteiger partial charge in [-0.15, -0.1) is 0 Å². The number of benzene rings is 1. The van der Waals surface area contributed by atoms with E-state index in [9.17, 15) is 9.90 Å². The van der Waals surface area contributed by atoms with Crippen molar-refractivity contribution in [3.05, 3.63) is 23.8 Å². The number of aliphatic hydroxyl groups excluding tert-OH is 1. The van der Waals surface area contributed by atoms with E-state index < -0.39 is 12.0 Å². The lowest BCUT2D eigenvalue weighted by Gasteiger charge is -2.23. The number of rotatable bonds is 7. The van der Waals surface area contributed by atoms with Gasteiger partial charge in [-0.1, -0.05) is 19.9 Å². The Morgan fingerprint density at radius 3 is 2.43 bits per heavy atom. The number of hydrogen-bond acceptors (Lipinski definition) is 5. The zero-order chi connectivity index (χ0) is 16.4. The standard InChI is InChI=1S/C13H20N2O4.C2H6/c1-2-15(5-6-16)11-4-3-9(8-12(11)17)7-10(14)13(18)19;1-2/h3-4,8,10,16-17H,2,5-7,14H2,1H3,(H,18,19);1-2H3. The van der Waals surface area contributed by atoms with Crippen molar-refractivity contribution < 1.29 is 20.1 Å². The van der Waals surface area contributed by atoms with Crippen LogP contribution in [-0.4, -0.2) is 47.0 Å². The molecule has 1 aromatic rings. The molecule has 0 heterocycles. The van der Waals surface area contributed by atoms with Crippen LogP contribution in [0.3, 0.4) is 0 Å². The normalized spacial score (nSPS) is 11.3. The molecule has 0 spiro atoms. The summed E-state index contributed by atoms with van der Waals surface area (Å²) in [7, 11) is 0. The van der Waals surface area contributed by atoms with E-state index in [0.29, 0.717) is 24.3 Å². The minimum absolute atomic E-state index is 0.00107. The van der Waals surface area contributed by atoms with Crippen molar-refractivity contribution >= 4 is 11.7 Å². The smallest absolute Gasteiger partial charge is 0.320 e. The van der Waals surface area contributed by atoms with E-state index in [0.717, 1.165) is 0 Å². The van der Waals surface area contributed by atoms with Crippen molar-refractivity contribution in [2.75, 3.05) is 24.6 Å². The highest BCUT2D eigenvalue weighted by atomic mass is 16.4. The second kappa shape index (κ2) is 10.0. The highest BCUT2D eigenvalue weighted by Gasteiger charge is 2.14. The number of likely N-dealkylation sites (N-methyl/N-ethyl adjacent to an activating group) is 1. The van der Waals surface area contributed by atoms with Crippen LogP contribution < -0.4 is 10.6 Å². The number of carbonyl (C=O) groups is 1. The molecule has 0 aliphatic heterocycles. The molecule has 1 unspecified atom stereocenters. The van der Waals surface area contributed by atoms with Crippen LogP contribution in [-0.2, 0) is 11.2 Å². The average molecular weight is 298 g/mol. The Morgan fingerprint density at radius 1 is 1.38 bits per heavy atom. The van der Waals surface area contributed by atoms with Gasteiger partial charge in [-0.25, -0.2) is 0 Å². The summed E-state index contributed by atoms with van der Waals surface area (Å²) in [4.78, 5) is 12.5. The van der Waals surface area contributed by atoms with Crippen LogP contribution in [0.25, 0.3) is 0 Å². The van der Waals surface area contributed by atoms with E-state index in [1.807, 2.05) is 25.7 Å². The van der Waals surface area contributed by atoms with Crippen LogP contribution in [0.15, 0.2) is 18.2 Å². The topological polar surface area (TPSA) is 107 Å². The Kier molecular flexibility index (Phi) is 9.16. The van der Waals surface area contributed by atoms with Gasteiger partial charge in [0.25, 0.3) is 0 Å². The van der Waals surface area contributed by atoms with Crippen LogP contribution in [0.5, 0.6) is 5.75 Å². The fraction of sp³-hybridized carbons (Fsp3) is 0.533. The zero-order valence-corrected chi connectivity index (χ0v) is 12.9. The molecule has 6 nitrogen and oxygen atoms in total. The highest BCUT2D eigenvalue weighted by Crippen LogP contribution is 2.28. The molecular weight excluding hydrogens is 272 g/mol. The Bertz CT molecular complexity index is 438. The summed E-state index contributed by atoms with van der Waals surface area (Å²) in [5.41, 5.74) is 6.72. The predicted molar refractivity (Wildman–Crippen MR) is 83.7 cm³/mol. The molecule has 0 fully saturated rings. The second-order valence-corrected chi connectivity index (χ2v) is 4.28. The number of nitrogens with zero attached hydrogens (tertiary/aromatic N) is 1. The van der Waals surface area contributed by atoms with E-state index >= 15 is 0 Å². The summed E-state index contributed by atoms with van der Waals surface area (Å²) in [6.45, 7) is 7.00. The molecule has 0 amide bonds. The van der Waals surface area contributed by atoms with Gasteiger partial charge in [0.05, 0.1) is 12.3 Å². The van der Waals surface area contributed by atoms with Gasteiger partial charge in [-0.05, 0) is 31.0 Å². The molecule has 0 bridgehead atoms. The SMILES string of the molecule is CC.CCN(CCO)c1ccc(CC(N)C(=O)O)cc1O. The minimum atomic E-state index is -1.07. The van der Waals surface area contributed by atoms with E-state index in [1.165, 1.54) is 6.07 Å². The third-order valence-corrected chi connectivity index (χ3v) is 2.90. The molecule has 0 aliphatic carbocycles. The van der Waals surface area contributed by atoms with E-state index in [4.69, 9.17) is 15.9 Å². The van der Waals surface area contributed by atoms with E-state index in [-0.39, 0.29) is 18.8 Å². The number of aliphatic hydroxyl groups is 1. The van der Waals surface area contributed by atoms with Gasteiger partial charge in [-0.3, -0.25) is 4.79 Å². The Morgan fingerprint density at radius 2 is 2.00 bits per heavy atom.